The van der Waals surface area contributed by atoms with Crippen molar-refractivity contribution in [2.75, 3.05) is 0 Å². The average Bonchev–Trinajstić information content (AvgIpc) is 3.40. The third kappa shape index (κ3) is 9.94. The molecule has 44 heavy (non-hydrogen) atoms. The van der Waals surface area contributed by atoms with Crippen molar-refractivity contribution in [3.8, 4) is 11.1 Å². The number of allylic oxidation sites excluding steroid dienone is 4. The molecule has 242 valence electrons. The second-order valence-electron chi connectivity index (χ2n) is 18.1. The Kier molecular flexibility index (Phi) is 14.4. The SMILES string of the molecule is CC(C)(C)c1[c-]c2c(cc1C(C)(C)C)-c1cc(C(C)(C)C)c(C(C)(C)C)cc1C2.CC(C)C1[C-]=CC(C(C)(C)C)=C1.[Cl-].[Cl-].[Zr+4]. The van der Waals surface area contributed by atoms with Gasteiger partial charge in [-0.1, -0.05) is 158 Å². The summed E-state index contributed by atoms with van der Waals surface area (Å²) in [4.78, 5) is 0. The maximum absolute atomic E-state index is 3.90. The predicted molar refractivity (Wildman–Crippen MR) is 182 cm³/mol. The monoisotopic (exact) mass is 712 g/mol. The molecule has 2 aliphatic rings. The minimum Gasteiger partial charge on any atom is -1.00 e. The summed E-state index contributed by atoms with van der Waals surface area (Å²) in [6.07, 6.45) is 8.91. The molecule has 2 aromatic carbocycles. The third-order valence-electron chi connectivity index (χ3n) is 8.61. The molecule has 4 rings (SSSR count). The molecular weight excluding hydrogens is 655 g/mol. The van der Waals surface area contributed by atoms with Crippen LogP contribution in [0.25, 0.3) is 11.1 Å². The topological polar surface area (TPSA) is 0 Å². The van der Waals surface area contributed by atoms with Crippen LogP contribution in [0.15, 0.2) is 35.9 Å². The molecule has 0 aliphatic heterocycles. The number of hydrogen-bond acceptors (Lipinski definition) is 0. The number of hydrogen-bond donors (Lipinski definition) is 0. The van der Waals surface area contributed by atoms with Gasteiger partial charge >= 0.3 is 26.2 Å². The van der Waals surface area contributed by atoms with E-state index in [0.29, 0.717) is 11.8 Å². The molecule has 0 aromatic heterocycles. The molecule has 3 heteroatoms. The summed E-state index contributed by atoms with van der Waals surface area (Å²) >= 11 is 0. The van der Waals surface area contributed by atoms with Gasteiger partial charge in [0.15, 0.2) is 0 Å². The second-order valence-corrected chi connectivity index (χ2v) is 18.1. The number of halogens is 2. The molecule has 2 aliphatic carbocycles. The maximum Gasteiger partial charge on any atom is 4.00 e. The van der Waals surface area contributed by atoms with Gasteiger partial charge in [0.1, 0.15) is 0 Å². The molecule has 0 saturated heterocycles. The Morgan fingerprint density at radius 1 is 0.614 bits per heavy atom. The van der Waals surface area contributed by atoms with Crippen LogP contribution in [-0.4, -0.2) is 0 Å². The molecule has 0 bridgehead atoms. The van der Waals surface area contributed by atoms with Crippen LogP contribution in [0.2, 0.25) is 0 Å². The molecule has 0 spiro atoms. The summed E-state index contributed by atoms with van der Waals surface area (Å²) in [7, 11) is 0. The van der Waals surface area contributed by atoms with Gasteiger partial charge in [-0.25, -0.2) is 6.08 Å². The standard InChI is InChI=1S/C29H41.C12H19.2ClH.Zr/c1-26(2,3)22-14-18-13-19-15-23(27(4,5)6)25(29(10,11)12)17-21(19)20(18)16-24(22)28(7,8)9;1-9(2)10-6-7-11(8-10)12(3,4)5;;;/h14,16-17H,13H2,1-12H3;7-10H,1-5H3;2*1H;/q2*-1;;;+4/p-2. The Morgan fingerprint density at radius 2 is 1.07 bits per heavy atom. The van der Waals surface area contributed by atoms with Crippen LogP contribution in [0.5, 0.6) is 0 Å². The van der Waals surface area contributed by atoms with Crippen molar-refractivity contribution in [2.45, 2.75) is 146 Å². The van der Waals surface area contributed by atoms with E-state index in [2.05, 4.69) is 160 Å². The molecule has 2 aromatic rings. The number of benzene rings is 2. The van der Waals surface area contributed by atoms with Crippen molar-refractivity contribution >= 4 is 0 Å². The van der Waals surface area contributed by atoms with Gasteiger partial charge in [-0.2, -0.15) is 29.3 Å². The fraction of sp³-hybridized carbons (Fsp3) is 0.610. The Hall–Kier alpha value is -0.617. The molecule has 1 atom stereocenters. The van der Waals surface area contributed by atoms with Gasteiger partial charge in [0.25, 0.3) is 0 Å². The Bertz CT molecular complexity index is 1260. The quantitative estimate of drug-likeness (QED) is 0.278. The van der Waals surface area contributed by atoms with Gasteiger partial charge < -0.3 is 24.8 Å². The Labute approximate surface area is 304 Å². The van der Waals surface area contributed by atoms with Crippen LogP contribution >= 0.6 is 0 Å². The zero-order valence-electron chi connectivity index (χ0n) is 31.0. The van der Waals surface area contributed by atoms with Crippen LogP contribution < -0.4 is 24.8 Å². The van der Waals surface area contributed by atoms with E-state index in [1.165, 1.54) is 50.1 Å². The number of fused-ring (bicyclic) bond motifs is 3. The van der Waals surface area contributed by atoms with Crippen LogP contribution in [0.1, 0.15) is 151 Å². The zero-order valence-corrected chi connectivity index (χ0v) is 35.0. The van der Waals surface area contributed by atoms with Crippen molar-refractivity contribution in [3.63, 3.8) is 0 Å². The molecule has 0 amide bonds. The summed E-state index contributed by atoms with van der Waals surface area (Å²) in [6, 6.07) is 11.4. The first-order chi connectivity index (χ1) is 18.3. The van der Waals surface area contributed by atoms with Gasteiger partial charge in [-0.05, 0) is 39.4 Å². The van der Waals surface area contributed by atoms with Gasteiger partial charge in [0, 0.05) is 0 Å². The first-order valence-corrected chi connectivity index (χ1v) is 15.9. The van der Waals surface area contributed by atoms with E-state index in [0.717, 1.165) is 6.42 Å². The molecule has 0 heterocycles. The molecular formula is C41H60Cl2Zr. The summed E-state index contributed by atoms with van der Waals surface area (Å²) in [6.45, 7) is 39.2. The van der Waals surface area contributed by atoms with E-state index in [-0.39, 0.29) is 78.1 Å². The van der Waals surface area contributed by atoms with Crippen molar-refractivity contribution in [1.29, 1.82) is 0 Å². The van der Waals surface area contributed by atoms with Gasteiger partial charge in [0.05, 0.1) is 0 Å². The smallest absolute Gasteiger partial charge is 1.00 e. The molecule has 0 fully saturated rings. The zero-order chi connectivity index (χ0) is 31.5. The second kappa shape index (κ2) is 14.7. The third-order valence-corrected chi connectivity index (χ3v) is 8.61. The fourth-order valence-corrected chi connectivity index (χ4v) is 5.95. The molecule has 1 unspecified atom stereocenters. The minimum absolute atomic E-state index is 0. The van der Waals surface area contributed by atoms with E-state index >= 15 is 0 Å². The summed E-state index contributed by atoms with van der Waals surface area (Å²) in [5, 5.41) is 0. The molecule has 0 saturated carbocycles. The molecule has 0 N–H and O–H groups in total. The van der Waals surface area contributed by atoms with Crippen LogP contribution in [0, 0.1) is 29.4 Å². The van der Waals surface area contributed by atoms with E-state index < -0.39 is 0 Å². The normalized spacial score (nSPS) is 16.1. The van der Waals surface area contributed by atoms with Gasteiger partial charge in [-0.3, -0.25) is 6.08 Å². The Balaban J connectivity index is 0.00000105. The first-order valence-electron chi connectivity index (χ1n) is 15.9. The van der Waals surface area contributed by atoms with Gasteiger partial charge in [-0.15, -0.1) is 16.7 Å². The molecule has 0 nitrogen and oxygen atoms in total. The summed E-state index contributed by atoms with van der Waals surface area (Å²) < 4.78 is 0. The fourth-order valence-electron chi connectivity index (χ4n) is 5.95. The summed E-state index contributed by atoms with van der Waals surface area (Å²) in [5.74, 6) is 1.22. The van der Waals surface area contributed by atoms with Crippen molar-refractivity contribution < 1.29 is 51.0 Å². The predicted octanol–water partition coefficient (Wildman–Crippen LogP) is 5.86. The molecule has 0 radical (unpaired) electrons. The van der Waals surface area contributed by atoms with Crippen LogP contribution in [0.4, 0.5) is 0 Å². The number of rotatable bonds is 1. The van der Waals surface area contributed by atoms with Crippen LogP contribution in [-0.2, 0) is 54.3 Å². The minimum atomic E-state index is 0. The van der Waals surface area contributed by atoms with Crippen LogP contribution in [0.3, 0.4) is 0 Å². The summed E-state index contributed by atoms with van der Waals surface area (Å²) in [5.41, 5.74) is 13.7. The van der Waals surface area contributed by atoms with E-state index in [4.69, 9.17) is 0 Å². The average molecular weight is 715 g/mol. The van der Waals surface area contributed by atoms with Crippen molar-refractivity contribution in [3.05, 3.63) is 81.4 Å². The van der Waals surface area contributed by atoms with Crippen molar-refractivity contribution in [1.82, 2.24) is 0 Å². The van der Waals surface area contributed by atoms with E-state index in [9.17, 15) is 0 Å². The van der Waals surface area contributed by atoms with E-state index in [1.54, 1.807) is 0 Å². The van der Waals surface area contributed by atoms with Crippen molar-refractivity contribution in [2.24, 2.45) is 17.3 Å². The van der Waals surface area contributed by atoms with E-state index in [1.807, 2.05) is 0 Å². The first kappa shape index (κ1) is 43.4. The Morgan fingerprint density at radius 3 is 1.43 bits per heavy atom. The largest absolute Gasteiger partial charge is 4.00 e. The van der Waals surface area contributed by atoms with Gasteiger partial charge in [0.2, 0.25) is 0 Å². The maximum atomic E-state index is 3.90.